The fourth-order valence-corrected chi connectivity index (χ4v) is 2.73. The molecule has 1 aliphatic rings. The zero-order valence-electron chi connectivity index (χ0n) is 10.7. The van der Waals surface area contributed by atoms with Crippen molar-refractivity contribution in [2.75, 3.05) is 12.5 Å². The van der Waals surface area contributed by atoms with Crippen LogP contribution in [0, 0.1) is 18.3 Å². The number of nitrogens with zero attached hydrogens (tertiary/aromatic N) is 1. The minimum atomic E-state index is -0.756. The van der Waals surface area contributed by atoms with Gasteiger partial charge in [0.1, 0.15) is 0 Å². The monoisotopic (exact) mass is 298 g/mol. The van der Waals surface area contributed by atoms with Crippen molar-refractivity contribution in [3.63, 3.8) is 0 Å². The van der Waals surface area contributed by atoms with Gasteiger partial charge in [0.05, 0.1) is 17.4 Å². The standard InChI is InChI=1S/C13H15ClN2O4/c1-2-9-7-13(8-14,4-6-17)20-11(9)16-5-3-10(18)15-12(16)19/h1,3,5,9,11,17H,4,6-8H2,(H,15,18,19)/t9-,11?,13+/m0/s1. The number of aliphatic hydroxyl groups is 1. The largest absolute Gasteiger partial charge is 0.396 e. The highest BCUT2D eigenvalue weighted by Gasteiger charge is 2.46. The maximum absolute atomic E-state index is 11.8. The van der Waals surface area contributed by atoms with E-state index in [4.69, 9.17) is 27.9 Å². The number of hydrogen-bond donors (Lipinski definition) is 2. The van der Waals surface area contributed by atoms with Crippen molar-refractivity contribution in [3.8, 4) is 12.3 Å². The van der Waals surface area contributed by atoms with Gasteiger partial charge in [-0.3, -0.25) is 14.3 Å². The molecule has 2 heterocycles. The van der Waals surface area contributed by atoms with Gasteiger partial charge in [-0.2, -0.15) is 0 Å². The molecule has 1 aliphatic heterocycles. The van der Waals surface area contributed by atoms with Crippen LogP contribution in [0.3, 0.4) is 0 Å². The summed E-state index contributed by atoms with van der Waals surface area (Å²) >= 11 is 5.93. The van der Waals surface area contributed by atoms with Gasteiger partial charge >= 0.3 is 5.69 Å². The third-order valence-corrected chi connectivity index (χ3v) is 3.94. The second-order valence-electron chi connectivity index (χ2n) is 4.79. The minimum absolute atomic E-state index is 0.0861. The third-order valence-electron chi connectivity index (χ3n) is 3.46. The summed E-state index contributed by atoms with van der Waals surface area (Å²) in [4.78, 5) is 25.1. The van der Waals surface area contributed by atoms with E-state index < -0.39 is 23.1 Å². The highest BCUT2D eigenvalue weighted by Crippen LogP contribution is 2.42. The topological polar surface area (TPSA) is 84.3 Å². The Morgan fingerprint density at radius 3 is 2.95 bits per heavy atom. The van der Waals surface area contributed by atoms with Crippen molar-refractivity contribution in [2.45, 2.75) is 24.7 Å². The Kier molecular flexibility index (Phi) is 4.33. The second-order valence-corrected chi connectivity index (χ2v) is 5.06. The molecule has 2 N–H and O–H groups in total. The van der Waals surface area contributed by atoms with Gasteiger partial charge in [-0.25, -0.2) is 4.79 Å². The SMILES string of the molecule is C#C[C@H]1C[C@@](CCl)(CCO)OC1n1ccc(=O)[nH]c1=O. The third kappa shape index (κ3) is 2.66. The lowest BCUT2D eigenvalue weighted by Gasteiger charge is -2.26. The first-order valence-corrected chi connectivity index (χ1v) is 6.71. The number of H-pyrrole nitrogens is 1. The van der Waals surface area contributed by atoms with E-state index in [9.17, 15) is 9.59 Å². The molecule has 3 atom stereocenters. The molecule has 7 heteroatoms. The first-order chi connectivity index (χ1) is 9.55. The van der Waals surface area contributed by atoms with Crippen molar-refractivity contribution in [3.05, 3.63) is 33.1 Å². The van der Waals surface area contributed by atoms with Gasteiger partial charge in [0.15, 0.2) is 6.23 Å². The number of ether oxygens (including phenoxy) is 1. The molecular weight excluding hydrogens is 284 g/mol. The first kappa shape index (κ1) is 14.9. The zero-order valence-corrected chi connectivity index (χ0v) is 11.5. The molecule has 2 rings (SSSR count). The molecule has 1 fully saturated rings. The van der Waals surface area contributed by atoms with Crippen LogP contribution in [0.2, 0.25) is 0 Å². The van der Waals surface area contributed by atoms with Crippen LogP contribution >= 0.6 is 11.6 Å². The normalized spacial score (nSPS) is 29.2. The molecular formula is C13H15ClN2O4. The molecule has 0 bridgehead atoms. The number of aliphatic hydroxyl groups excluding tert-OH is 1. The number of alkyl halides is 1. The summed E-state index contributed by atoms with van der Waals surface area (Å²) in [5.41, 5.74) is -1.83. The quantitative estimate of drug-likeness (QED) is 0.608. The average Bonchev–Trinajstić information content (AvgIpc) is 2.78. The molecule has 0 amide bonds. The van der Waals surface area contributed by atoms with E-state index >= 15 is 0 Å². The van der Waals surface area contributed by atoms with Crippen molar-refractivity contribution in [2.24, 2.45) is 5.92 Å². The molecule has 0 saturated carbocycles. The Hall–Kier alpha value is -1.55. The van der Waals surface area contributed by atoms with Gasteiger partial charge < -0.3 is 9.84 Å². The fourth-order valence-electron chi connectivity index (χ4n) is 2.43. The highest BCUT2D eigenvalue weighted by atomic mass is 35.5. The van der Waals surface area contributed by atoms with Crippen molar-refractivity contribution < 1.29 is 9.84 Å². The molecule has 1 saturated heterocycles. The highest BCUT2D eigenvalue weighted by molar-refractivity contribution is 6.18. The van der Waals surface area contributed by atoms with Crippen LogP contribution in [-0.2, 0) is 4.74 Å². The Morgan fingerprint density at radius 2 is 2.40 bits per heavy atom. The summed E-state index contributed by atoms with van der Waals surface area (Å²) < 4.78 is 7.10. The number of aromatic nitrogens is 2. The Bertz CT molecular complexity index is 632. The molecule has 0 spiro atoms. The molecule has 1 aromatic heterocycles. The van der Waals surface area contributed by atoms with Crippen molar-refractivity contribution in [1.29, 1.82) is 0 Å². The Labute approximate surface area is 120 Å². The number of terminal acetylenes is 1. The zero-order chi connectivity index (χ0) is 14.8. The smallest absolute Gasteiger partial charge is 0.330 e. The van der Waals surface area contributed by atoms with Gasteiger partial charge in [-0.05, 0) is 6.42 Å². The van der Waals surface area contributed by atoms with E-state index in [1.165, 1.54) is 16.8 Å². The van der Waals surface area contributed by atoms with Crippen LogP contribution in [0.5, 0.6) is 0 Å². The van der Waals surface area contributed by atoms with Crippen LogP contribution in [0.4, 0.5) is 0 Å². The summed E-state index contributed by atoms with van der Waals surface area (Å²) in [5.74, 6) is 2.39. The van der Waals surface area contributed by atoms with Gasteiger partial charge in [-0.15, -0.1) is 18.0 Å². The average molecular weight is 299 g/mol. The number of aromatic amines is 1. The lowest BCUT2D eigenvalue weighted by atomic mass is 9.92. The molecule has 6 nitrogen and oxygen atoms in total. The maximum atomic E-state index is 11.8. The van der Waals surface area contributed by atoms with Gasteiger partial charge in [0, 0.05) is 25.3 Å². The van der Waals surface area contributed by atoms with E-state index in [2.05, 4.69) is 10.9 Å². The van der Waals surface area contributed by atoms with Crippen LogP contribution < -0.4 is 11.2 Å². The van der Waals surface area contributed by atoms with Crippen molar-refractivity contribution in [1.82, 2.24) is 9.55 Å². The van der Waals surface area contributed by atoms with Crippen LogP contribution in [0.15, 0.2) is 21.9 Å². The molecule has 108 valence electrons. The van der Waals surface area contributed by atoms with E-state index in [1.807, 2.05) is 0 Å². The maximum Gasteiger partial charge on any atom is 0.330 e. The second kappa shape index (κ2) is 5.83. The minimum Gasteiger partial charge on any atom is -0.396 e. The van der Waals surface area contributed by atoms with Crippen LogP contribution in [-0.4, -0.2) is 32.7 Å². The van der Waals surface area contributed by atoms with E-state index in [0.29, 0.717) is 12.8 Å². The summed E-state index contributed by atoms with van der Waals surface area (Å²) in [7, 11) is 0. The molecule has 0 aromatic carbocycles. The molecule has 0 radical (unpaired) electrons. The number of rotatable bonds is 4. The van der Waals surface area contributed by atoms with Crippen LogP contribution in [0.25, 0.3) is 0 Å². The molecule has 1 aromatic rings. The van der Waals surface area contributed by atoms with E-state index in [1.54, 1.807) is 0 Å². The van der Waals surface area contributed by atoms with Gasteiger partial charge in [0.2, 0.25) is 0 Å². The lowest BCUT2D eigenvalue weighted by molar-refractivity contribution is -0.0746. The van der Waals surface area contributed by atoms with Crippen LogP contribution in [0.1, 0.15) is 19.1 Å². The lowest BCUT2D eigenvalue weighted by Crippen LogP contribution is -2.36. The number of halogens is 1. The first-order valence-electron chi connectivity index (χ1n) is 6.17. The van der Waals surface area contributed by atoms with Gasteiger partial charge in [-0.1, -0.05) is 5.92 Å². The Morgan fingerprint density at radius 1 is 1.65 bits per heavy atom. The number of hydrogen-bond acceptors (Lipinski definition) is 4. The summed E-state index contributed by atoms with van der Waals surface area (Å²) in [6, 6.07) is 1.23. The number of nitrogens with one attached hydrogen (secondary N) is 1. The van der Waals surface area contributed by atoms with E-state index in [0.717, 1.165) is 0 Å². The predicted molar refractivity (Wildman–Crippen MR) is 73.5 cm³/mol. The van der Waals surface area contributed by atoms with Gasteiger partial charge in [0.25, 0.3) is 5.56 Å². The molecule has 0 aliphatic carbocycles. The molecule has 20 heavy (non-hydrogen) atoms. The summed E-state index contributed by atoms with van der Waals surface area (Å²) in [5, 5.41) is 9.12. The summed E-state index contributed by atoms with van der Waals surface area (Å²) in [6.45, 7) is -0.0861. The summed E-state index contributed by atoms with van der Waals surface area (Å²) in [6.07, 6.45) is 6.92. The van der Waals surface area contributed by atoms with E-state index in [-0.39, 0.29) is 18.4 Å². The Balaban J connectivity index is 2.38. The van der Waals surface area contributed by atoms with Crippen molar-refractivity contribution >= 4 is 11.6 Å². The predicted octanol–water partition coefficient (Wildman–Crippen LogP) is 0.0649. The fraction of sp³-hybridized carbons (Fsp3) is 0.538. The molecule has 1 unspecified atom stereocenters.